The van der Waals surface area contributed by atoms with E-state index in [-0.39, 0.29) is 11.0 Å². The van der Waals surface area contributed by atoms with Crippen LogP contribution in [-0.2, 0) is 6.61 Å². The van der Waals surface area contributed by atoms with Gasteiger partial charge in [-0.2, -0.15) is 0 Å². The summed E-state index contributed by atoms with van der Waals surface area (Å²) in [5.41, 5.74) is 6.72. The number of rotatable bonds is 4. The number of carbonyl (C=O) groups excluding carboxylic acids is 1. The molecule has 4 aromatic rings. The third-order valence-corrected chi connectivity index (χ3v) is 7.39. The van der Waals surface area contributed by atoms with E-state index in [9.17, 15) is 4.79 Å². The van der Waals surface area contributed by atoms with Crippen LogP contribution in [0.5, 0.6) is 5.75 Å². The van der Waals surface area contributed by atoms with Gasteiger partial charge >= 0.3 is 0 Å². The number of benzene rings is 4. The fourth-order valence-electron chi connectivity index (χ4n) is 4.40. The molecule has 160 valence electrons. The van der Waals surface area contributed by atoms with Crippen molar-refractivity contribution in [1.82, 2.24) is 0 Å². The Balaban J connectivity index is 1.36. The molecule has 0 bridgehead atoms. The van der Waals surface area contributed by atoms with Gasteiger partial charge < -0.3 is 10.1 Å². The van der Waals surface area contributed by atoms with E-state index in [1.807, 2.05) is 66.7 Å². The minimum Gasteiger partial charge on any atom is -0.489 e. The second-order valence-corrected chi connectivity index (χ2v) is 9.27. The Kier molecular flexibility index (Phi) is 5.00. The van der Waals surface area contributed by atoms with Gasteiger partial charge in [0.1, 0.15) is 12.4 Å². The quantitative estimate of drug-likeness (QED) is 0.361. The zero-order chi connectivity index (χ0) is 22.2. The Morgan fingerprint density at radius 1 is 0.758 bits per heavy atom. The van der Waals surface area contributed by atoms with Gasteiger partial charge in [0.15, 0.2) is 5.78 Å². The van der Waals surface area contributed by atoms with E-state index in [1.54, 1.807) is 11.8 Å². The number of carbonyl (C=O) groups is 1. The Bertz CT molecular complexity index is 1380. The Morgan fingerprint density at radius 3 is 2.27 bits per heavy atom. The van der Waals surface area contributed by atoms with Crippen LogP contribution in [0, 0.1) is 0 Å². The van der Waals surface area contributed by atoms with Gasteiger partial charge in [-0.25, -0.2) is 0 Å². The molecule has 0 saturated heterocycles. The van der Waals surface area contributed by atoms with E-state index in [4.69, 9.17) is 4.74 Å². The number of nitrogens with one attached hydrogen (secondary N) is 1. The van der Waals surface area contributed by atoms with Gasteiger partial charge in [-0.05, 0) is 35.4 Å². The maximum absolute atomic E-state index is 13.5. The lowest BCUT2D eigenvalue weighted by Gasteiger charge is -2.18. The molecule has 1 heterocycles. The molecule has 2 aliphatic rings. The lowest BCUT2D eigenvalue weighted by Crippen LogP contribution is -2.07. The van der Waals surface area contributed by atoms with Crippen molar-refractivity contribution in [3.05, 3.63) is 131 Å². The molecule has 3 nitrogen and oxygen atoms in total. The second-order valence-electron chi connectivity index (χ2n) is 8.13. The summed E-state index contributed by atoms with van der Waals surface area (Å²) in [5, 5.41) is 3.46. The number of hydrogen-bond acceptors (Lipinski definition) is 4. The molecule has 0 spiro atoms. The summed E-state index contributed by atoms with van der Waals surface area (Å²) in [6, 6.07) is 34.4. The summed E-state index contributed by atoms with van der Waals surface area (Å²) >= 11 is 1.72. The summed E-state index contributed by atoms with van der Waals surface area (Å²) in [5.74, 6) is 0.915. The average Bonchev–Trinajstić information content (AvgIpc) is 3.03. The summed E-state index contributed by atoms with van der Waals surface area (Å²) in [7, 11) is 0. The van der Waals surface area contributed by atoms with Gasteiger partial charge in [0.25, 0.3) is 0 Å². The number of hydrogen-bond donors (Lipinski definition) is 1. The normalized spacial score (nSPS) is 16.4. The molecule has 1 aliphatic heterocycles. The largest absolute Gasteiger partial charge is 0.489 e. The fourth-order valence-corrected chi connectivity index (χ4v) is 5.69. The van der Waals surface area contributed by atoms with Crippen LogP contribution < -0.4 is 10.1 Å². The summed E-state index contributed by atoms with van der Waals surface area (Å²) in [6.07, 6.45) is 0. The van der Waals surface area contributed by atoms with Crippen LogP contribution in [0.3, 0.4) is 0 Å². The van der Waals surface area contributed by atoms with Crippen LogP contribution in [0.2, 0.25) is 0 Å². The average molecular weight is 448 g/mol. The molecule has 0 radical (unpaired) electrons. The van der Waals surface area contributed by atoms with Crippen molar-refractivity contribution in [3.63, 3.8) is 0 Å². The van der Waals surface area contributed by atoms with Crippen LogP contribution in [0.15, 0.2) is 114 Å². The topological polar surface area (TPSA) is 38.3 Å². The van der Waals surface area contributed by atoms with Crippen molar-refractivity contribution in [2.75, 3.05) is 5.32 Å². The van der Waals surface area contributed by atoms with Gasteiger partial charge in [-0.3, -0.25) is 4.79 Å². The van der Waals surface area contributed by atoms with Crippen molar-refractivity contribution in [1.29, 1.82) is 0 Å². The van der Waals surface area contributed by atoms with E-state index in [0.717, 1.165) is 49.9 Å². The van der Waals surface area contributed by atoms with E-state index < -0.39 is 0 Å². The highest BCUT2D eigenvalue weighted by Gasteiger charge is 2.38. The van der Waals surface area contributed by atoms with E-state index >= 15 is 0 Å². The van der Waals surface area contributed by atoms with Gasteiger partial charge in [0, 0.05) is 21.6 Å². The Hall–Kier alpha value is -3.76. The molecule has 0 aromatic heterocycles. The van der Waals surface area contributed by atoms with Crippen LogP contribution >= 0.6 is 11.8 Å². The SMILES string of the molecule is O=C1C2=C(Nc3ccccc3S[C@H]2c2ccc(OCc3ccccc3)cc2)c2ccccc21. The number of thioether (sulfide) groups is 1. The molecule has 0 saturated carbocycles. The summed E-state index contributed by atoms with van der Waals surface area (Å²) in [6.45, 7) is 0.527. The maximum atomic E-state index is 13.5. The third kappa shape index (κ3) is 3.62. The smallest absolute Gasteiger partial charge is 0.193 e. The highest BCUT2D eigenvalue weighted by atomic mass is 32.2. The van der Waals surface area contributed by atoms with Crippen molar-refractivity contribution in [2.45, 2.75) is 16.8 Å². The Labute approximate surface area is 197 Å². The molecule has 0 amide bonds. The number of para-hydroxylation sites is 1. The minimum atomic E-state index is -0.112. The standard InChI is InChI=1S/C29H21NO2S/c31-28-23-11-5-4-10-22(23)27-26(28)29(33-25-13-7-6-12-24(25)30-27)20-14-16-21(17-15-20)32-18-19-8-2-1-3-9-19/h1-17,29-30H,18H2/t29-/m0/s1. The first kappa shape index (κ1) is 19.9. The molecule has 1 aliphatic carbocycles. The first-order valence-electron chi connectivity index (χ1n) is 11.0. The number of Topliss-reactive ketones (excluding diaryl/α,β-unsaturated/α-hetero) is 1. The molecule has 4 aromatic carbocycles. The predicted octanol–water partition coefficient (Wildman–Crippen LogP) is 7.13. The lowest BCUT2D eigenvalue weighted by molar-refractivity contribution is 0.103. The molecular weight excluding hydrogens is 426 g/mol. The van der Waals surface area contributed by atoms with Crippen molar-refractivity contribution < 1.29 is 9.53 Å². The summed E-state index contributed by atoms with van der Waals surface area (Å²) in [4.78, 5) is 14.6. The van der Waals surface area contributed by atoms with Crippen LogP contribution in [0.4, 0.5) is 5.69 Å². The van der Waals surface area contributed by atoms with Gasteiger partial charge in [-0.1, -0.05) is 78.9 Å². The highest BCUT2D eigenvalue weighted by Crippen LogP contribution is 2.52. The van der Waals surface area contributed by atoms with Crippen molar-refractivity contribution in [3.8, 4) is 5.75 Å². The molecular formula is C29H21NO2S. The van der Waals surface area contributed by atoms with Gasteiger partial charge in [0.05, 0.1) is 16.6 Å². The van der Waals surface area contributed by atoms with E-state index in [1.165, 1.54) is 0 Å². The first-order valence-corrected chi connectivity index (χ1v) is 11.8. The molecule has 0 fully saturated rings. The Morgan fingerprint density at radius 2 is 1.45 bits per heavy atom. The zero-order valence-corrected chi connectivity index (χ0v) is 18.6. The predicted molar refractivity (Wildman–Crippen MR) is 134 cm³/mol. The van der Waals surface area contributed by atoms with E-state index in [0.29, 0.717) is 6.61 Å². The number of fused-ring (bicyclic) bond motifs is 3. The minimum absolute atomic E-state index is 0.0998. The molecule has 6 rings (SSSR count). The third-order valence-electron chi connectivity index (χ3n) is 6.04. The van der Waals surface area contributed by atoms with Crippen LogP contribution in [0.25, 0.3) is 5.70 Å². The molecule has 33 heavy (non-hydrogen) atoms. The van der Waals surface area contributed by atoms with Crippen LogP contribution in [0.1, 0.15) is 32.3 Å². The molecule has 0 unspecified atom stereocenters. The fraction of sp³-hybridized carbons (Fsp3) is 0.0690. The van der Waals surface area contributed by atoms with Crippen LogP contribution in [-0.4, -0.2) is 5.78 Å². The molecule has 1 atom stereocenters. The monoisotopic (exact) mass is 447 g/mol. The maximum Gasteiger partial charge on any atom is 0.193 e. The molecule has 4 heteroatoms. The first-order chi connectivity index (χ1) is 16.3. The second kappa shape index (κ2) is 8.30. The highest BCUT2D eigenvalue weighted by molar-refractivity contribution is 8.00. The van der Waals surface area contributed by atoms with Crippen molar-refractivity contribution >= 4 is 28.9 Å². The van der Waals surface area contributed by atoms with Gasteiger partial charge in [-0.15, -0.1) is 11.8 Å². The number of ether oxygens (including phenoxy) is 1. The van der Waals surface area contributed by atoms with Gasteiger partial charge in [0.2, 0.25) is 0 Å². The number of ketones is 1. The zero-order valence-electron chi connectivity index (χ0n) is 17.8. The summed E-state index contributed by atoms with van der Waals surface area (Å²) < 4.78 is 5.98. The lowest BCUT2D eigenvalue weighted by atomic mass is 10.0. The molecule has 1 N–H and O–H groups in total. The van der Waals surface area contributed by atoms with Crippen molar-refractivity contribution in [2.24, 2.45) is 0 Å². The number of anilines is 1. The van der Waals surface area contributed by atoms with E-state index in [2.05, 4.69) is 41.7 Å².